The zero-order valence-corrected chi connectivity index (χ0v) is 15.5. The van der Waals surface area contributed by atoms with Crippen molar-refractivity contribution < 1.29 is 0 Å². The molecule has 6 heterocycles. The summed E-state index contributed by atoms with van der Waals surface area (Å²) in [5.41, 5.74) is 12.0. The fourth-order valence-electron chi connectivity index (χ4n) is 5.03. The molecule has 0 saturated heterocycles. The topological polar surface area (TPSA) is 0 Å². The fraction of sp³-hybridized carbons (Fsp3) is 0.500. The van der Waals surface area contributed by atoms with E-state index in [9.17, 15) is 0 Å². The molecule has 6 aliphatic heterocycles. The Kier molecular flexibility index (Phi) is 1.39. The van der Waals surface area contributed by atoms with Crippen molar-refractivity contribution in [3.8, 4) is 0 Å². The summed E-state index contributed by atoms with van der Waals surface area (Å²) in [5.74, 6) is 0. The summed E-state index contributed by atoms with van der Waals surface area (Å²) in [6.07, 6.45) is 0. The van der Waals surface area contributed by atoms with Crippen LogP contribution in [0.2, 0.25) is 0 Å². The van der Waals surface area contributed by atoms with Crippen molar-refractivity contribution in [2.24, 2.45) is 0 Å². The van der Waals surface area contributed by atoms with Crippen LogP contribution in [0.5, 0.6) is 0 Å². The second kappa shape index (κ2) is 2.65. The van der Waals surface area contributed by atoms with E-state index >= 15 is 0 Å². The third-order valence-corrected chi connectivity index (χ3v) is 18.9. The molecule has 0 bridgehead atoms. The first kappa shape index (κ1) is 9.46. The van der Waals surface area contributed by atoms with Crippen LogP contribution in [0.1, 0.15) is 64.4 Å². The van der Waals surface area contributed by atoms with Gasteiger partial charge in [-0.3, -0.25) is 0 Å². The van der Waals surface area contributed by atoms with Crippen LogP contribution in [-0.2, 0) is 0 Å². The summed E-state index contributed by atoms with van der Waals surface area (Å²) in [7, 11) is 7.85. The Balaban J connectivity index is 1.77. The molecule has 0 atom stereocenters. The SMILES string of the molecule is [Si]1C2[Si]C3[Si]C4[Si]C5[Si]C6[Si]C1c1c2c3c4c5c16. The van der Waals surface area contributed by atoms with Gasteiger partial charge in [0.15, 0.2) is 0 Å². The highest BCUT2D eigenvalue weighted by Crippen LogP contribution is 2.64. The molecule has 12 radical (unpaired) electrons. The molecule has 78 valence electrons. The third-order valence-electron chi connectivity index (χ3n) is 5.47. The maximum Gasteiger partial charge on any atom is 0.0481 e. The zero-order valence-electron chi connectivity index (χ0n) is 9.46. The molecule has 0 nitrogen and oxygen atoms in total. The van der Waals surface area contributed by atoms with Crippen molar-refractivity contribution in [3.63, 3.8) is 0 Å². The van der Waals surface area contributed by atoms with Gasteiger partial charge in [-0.15, -0.1) is 0 Å². The van der Waals surface area contributed by atoms with E-state index in [1.165, 1.54) is 57.1 Å². The summed E-state index contributed by atoms with van der Waals surface area (Å²) in [6, 6.07) is 0. The van der Waals surface area contributed by atoms with E-state index in [0.29, 0.717) is 0 Å². The Labute approximate surface area is 121 Å². The summed E-state index contributed by atoms with van der Waals surface area (Å²) >= 11 is 0. The van der Waals surface area contributed by atoms with Gasteiger partial charge in [0.1, 0.15) is 0 Å². The van der Waals surface area contributed by atoms with Crippen molar-refractivity contribution in [1.82, 2.24) is 0 Å². The van der Waals surface area contributed by atoms with Gasteiger partial charge in [0.2, 0.25) is 0 Å². The quantitative estimate of drug-likeness (QED) is 0.590. The van der Waals surface area contributed by atoms with Crippen LogP contribution in [-0.4, -0.2) is 57.1 Å². The second-order valence-corrected chi connectivity index (χ2v) is 18.5. The molecule has 6 aliphatic rings. The van der Waals surface area contributed by atoms with Crippen LogP contribution in [0.25, 0.3) is 0 Å². The number of benzene rings is 1. The van der Waals surface area contributed by atoms with Crippen LogP contribution in [0.3, 0.4) is 0 Å². The molecule has 0 unspecified atom stereocenters. The van der Waals surface area contributed by atoms with Crippen molar-refractivity contribution in [2.75, 3.05) is 0 Å². The molecular formula is C12H6Si6. The number of hydrogen-bond donors (Lipinski definition) is 0. The Morgan fingerprint density at radius 2 is 0.500 bits per heavy atom. The predicted molar refractivity (Wildman–Crippen MR) is 77.4 cm³/mol. The van der Waals surface area contributed by atoms with E-state index in [4.69, 9.17) is 0 Å². The maximum atomic E-state index is 2.00. The molecule has 18 heavy (non-hydrogen) atoms. The normalized spacial score (nSPS) is 50.0. The fourth-order valence-corrected chi connectivity index (χ4v) is 24.1. The van der Waals surface area contributed by atoms with Gasteiger partial charge >= 0.3 is 0 Å². The first-order valence-corrected chi connectivity index (χ1v) is 13.6. The molecule has 1 aromatic carbocycles. The molecular weight excluding hydrogens is 313 g/mol. The molecule has 0 amide bonds. The maximum absolute atomic E-state index is 2.00. The molecule has 0 aromatic heterocycles. The lowest BCUT2D eigenvalue weighted by Gasteiger charge is -2.15. The van der Waals surface area contributed by atoms with Gasteiger partial charge < -0.3 is 0 Å². The highest BCUT2D eigenvalue weighted by molar-refractivity contribution is 6.85. The summed E-state index contributed by atoms with van der Waals surface area (Å²) in [5, 5.41) is 6.50. The minimum absolute atomic E-state index is 1.08. The van der Waals surface area contributed by atoms with Crippen LogP contribution in [0, 0.1) is 0 Å². The van der Waals surface area contributed by atoms with Crippen molar-refractivity contribution in [3.05, 3.63) is 33.4 Å². The van der Waals surface area contributed by atoms with E-state index in [-0.39, 0.29) is 0 Å². The highest BCUT2D eigenvalue weighted by atomic mass is 28.3. The first-order valence-electron chi connectivity index (χ1n) is 6.70. The molecule has 7 rings (SSSR count). The number of hydrogen-bond acceptors (Lipinski definition) is 0. The van der Waals surface area contributed by atoms with Gasteiger partial charge in [-0.1, -0.05) is 0 Å². The Hall–Kier alpha value is 0.521. The van der Waals surface area contributed by atoms with Gasteiger partial charge in [0, 0.05) is 57.1 Å². The lowest BCUT2D eigenvalue weighted by Crippen LogP contribution is -2.26. The summed E-state index contributed by atoms with van der Waals surface area (Å²) in [6.45, 7) is 0. The molecule has 0 saturated carbocycles. The molecule has 0 spiro atoms. The Morgan fingerprint density at radius 3 is 0.667 bits per heavy atom. The van der Waals surface area contributed by atoms with Crippen molar-refractivity contribution in [1.29, 1.82) is 0 Å². The highest BCUT2D eigenvalue weighted by Gasteiger charge is 2.59. The van der Waals surface area contributed by atoms with Gasteiger partial charge in [-0.2, -0.15) is 0 Å². The minimum Gasteiger partial charge on any atom is -0.0447 e. The Bertz CT molecular complexity index is 490. The smallest absolute Gasteiger partial charge is 0.0447 e. The minimum atomic E-state index is 1.08. The van der Waals surface area contributed by atoms with Crippen LogP contribution >= 0.6 is 0 Å². The van der Waals surface area contributed by atoms with E-state index in [0.717, 1.165) is 31.0 Å². The van der Waals surface area contributed by atoms with E-state index in [1.807, 2.05) is 33.4 Å². The number of rotatable bonds is 0. The summed E-state index contributed by atoms with van der Waals surface area (Å²) < 4.78 is 0. The van der Waals surface area contributed by atoms with Crippen LogP contribution in [0.4, 0.5) is 0 Å². The van der Waals surface area contributed by atoms with Gasteiger partial charge in [0.25, 0.3) is 0 Å². The Morgan fingerprint density at radius 1 is 0.333 bits per heavy atom. The van der Waals surface area contributed by atoms with Crippen molar-refractivity contribution in [2.45, 2.75) is 31.0 Å². The molecule has 0 N–H and O–H groups in total. The second-order valence-electron chi connectivity index (χ2n) is 6.08. The van der Waals surface area contributed by atoms with E-state index in [2.05, 4.69) is 0 Å². The largest absolute Gasteiger partial charge is 0.0481 e. The van der Waals surface area contributed by atoms with Crippen molar-refractivity contribution >= 4 is 57.1 Å². The average molecular weight is 319 g/mol. The molecule has 0 aliphatic carbocycles. The average Bonchev–Trinajstić information content (AvgIpc) is 3.05. The predicted octanol–water partition coefficient (Wildman–Crippen LogP) is -0.0150. The summed E-state index contributed by atoms with van der Waals surface area (Å²) in [4.78, 5) is 0. The van der Waals surface area contributed by atoms with Gasteiger partial charge in [0.05, 0.1) is 0 Å². The standard InChI is InChI=1S/C12H6Si6/c13-7-1-2-4-6-5-3(1)9(14-7)16-11(5)18-12(6)17-10(4)15-8(2)13/h7-12H. The zero-order chi connectivity index (χ0) is 11.2. The molecule has 0 fully saturated rings. The van der Waals surface area contributed by atoms with Crippen LogP contribution < -0.4 is 0 Å². The lowest BCUT2D eigenvalue weighted by atomic mass is 9.90. The third kappa shape index (κ3) is 0.757. The molecule has 1 aromatic rings. The first-order chi connectivity index (χ1) is 8.90. The lowest BCUT2D eigenvalue weighted by molar-refractivity contribution is 1.17. The van der Waals surface area contributed by atoms with Crippen LogP contribution in [0.15, 0.2) is 0 Å². The monoisotopic (exact) mass is 318 g/mol. The van der Waals surface area contributed by atoms with E-state index in [1.54, 1.807) is 0 Å². The van der Waals surface area contributed by atoms with E-state index < -0.39 is 0 Å². The van der Waals surface area contributed by atoms with Gasteiger partial charge in [-0.25, -0.2) is 0 Å². The van der Waals surface area contributed by atoms with Gasteiger partial charge in [-0.05, 0) is 64.4 Å². The molecule has 6 heteroatoms.